The number of hydrogen-bond acceptors (Lipinski definition) is 4. The quantitative estimate of drug-likeness (QED) is 0.881. The molecule has 100 valence electrons. The van der Waals surface area contributed by atoms with Crippen LogP contribution in [0.5, 0.6) is 0 Å². The summed E-state index contributed by atoms with van der Waals surface area (Å²) in [4.78, 5) is 5.91. The molecule has 1 aromatic rings. The average molecular weight is 254 g/mol. The largest absolute Gasteiger partial charge is 0.386 e. The van der Waals surface area contributed by atoms with Crippen molar-refractivity contribution in [2.75, 3.05) is 26.2 Å². The molecular weight excluding hydrogens is 235 g/mol. The number of rotatable bonds is 4. The van der Waals surface area contributed by atoms with Crippen LogP contribution in [-0.4, -0.2) is 47.3 Å². The van der Waals surface area contributed by atoms with Crippen molar-refractivity contribution in [2.24, 2.45) is 0 Å². The van der Waals surface area contributed by atoms with Crippen LogP contribution in [0.4, 0.5) is 4.39 Å². The second-order valence-electron chi connectivity index (χ2n) is 4.55. The van der Waals surface area contributed by atoms with Crippen LogP contribution in [0.25, 0.3) is 0 Å². The molecule has 0 spiro atoms. The van der Waals surface area contributed by atoms with Gasteiger partial charge in [0.05, 0.1) is 12.8 Å². The van der Waals surface area contributed by atoms with Crippen LogP contribution >= 0.6 is 0 Å². The first-order chi connectivity index (χ1) is 8.72. The van der Waals surface area contributed by atoms with Gasteiger partial charge in [0.1, 0.15) is 18.0 Å². The van der Waals surface area contributed by atoms with Gasteiger partial charge in [-0.05, 0) is 19.0 Å². The van der Waals surface area contributed by atoms with Crippen LogP contribution in [0, 0.1) is 5.82 Å². The van der Waals surface area contributed by atoms with Crippen molar-refractivity contribution in [3.8, 4) is 0 Å². The fraction of sp³-hybridized carbons (Fsp3) is 0.615. The summed E-state index contributed by atoms with van der Waals surface area (Å²) in [6.45, 7) is 5.18. The molecule has 0 aromatic carbocycles. The molecule has 5 heteroatoms. The Kier molecular flexibility index (Phi) is 4.63. The molecule has 2 unspecified atom stereocenters. The van der Waals surface area contributed by atoms with E-state index in [2.05, 4.69) is 16.8 Å². The van der Waals surface area contributed by atoms with Crippen molar-refractivity contribution < 1.29 is 14.2 Å². The lowest BCUT2D eigenvalue weighted by atomic mass is 10.0. The topological polar surface area (TPSA) is 45.6 Å². The monoisotopic (exact) mass is 254 g/mol. The predicted molar refractivity (Wildman–Crippen MR) is 65.6 cm³/mol. The average Bonchev–Trinajstić information content (AvgIpc) is 2.39. The number of aliphatic hydroxyl groups is 1. The summed E-state index contributed by atoms with van der Waals surface area (Å²) in [5, 5.41) is 10.2. The highest BCUT2D eigenvalue weighted by Crippen LogP contribution is 2.23. The molecule has 1 aliphatic heterocycles. The Morgan fingerprint density at radius 2 is 2.50 bits per heavy atom. The van der Waals surface area contributed by atoms with Crippen molar-refractivity contribution >= 4 is 0 Å². The smallest absolute Gasteiger partial charge is 0.147 e. The Hall–Kier alpha value is -1.04. The van der Waals surface area contributed by atoms with Gasteiger partial charge in [0.25, 0.3) is 0 Å². The Balaban J connectivity index is 2.04. The number of aliphatic hydroxyl groups excluding tert-OH is 1. The zero-order chi connectivity index (χ0) is 13.0. The van der Waals surface area contributed by atoms with Gasteiger partial charge in [-0.2, -0.15) is 0 Å². The van der Waals surface area contributed by atoms with Crippen LogP contribution in [0.1, 0.15) is 25.0 Å². The zero-order valence-corrected chi connectivity index (χ0v) is 10.6. The van der Waals surface area contributed by atoms with Crippen LogP contribution in [0.15, 0.2) is 18.5 Å². The lowest BCUT2D eigenvalue weighted by Crippen LogP contribution is -2.45. The molecule has 1 fully saturated rings. The van der Waals surface area contributed by atoms with Gasteiger partial charge in [-0.15, -0.1) is 0 Å². The summed E-state index contributed by atoms with van der Waals surface area (Å²) >= 11 is 0. The standard InChI is InChI=1S/C13H19FN2O2/c1-2-5-16-6-7-18-12(9-16)13(17)10-3-4-15-8-11(10)14/h3-4,8,12-13,17H,2,5-7,9H2,1H3. The minimum absolute atomic E-state index is 0.258. The Bertz CT molecular complexity index is 387. The number of hydrogen-bond donors (Lipinski definition) is 1. The van der Waals surface area contributed by atoms with Gasteiger partial charge in [0, 0.05) is 24.8 Å². The van der Waals surface area contributed by atoms with Gasteiger partial charge in [-0.3, -0.25) is 9.88 Å². The molecule has 1 N–H and O–H groups in total. The molecule has 0 saturated carbocycles. The number of ether oxygens (including phenoxy) is 1. The van der Waals surface area contributed by atoms with E-state index in [4.69, 9.17) is 4.74 Å². The minimum Gasteiger partial charge on any atom is -0.386 e. The van der Waals surface area contributed by atoms with Gasteiger partial charge in [-0.1, -0.05) is 6.92 Å². The van der Waals surface area contributed by atoms with E-state index in [1.54, 1.807) is 0 Å². The molecule has 18 heavy (non-hydrogen) atoms. The second kappa shape index (κ2) is 6.22. The van der Waals surface area contributed by atoms with E-state index in [1.165, 1.54) is 12.3 Å². The maximum atomic E-state index is 13.5. The SMILES string of the molecule is CCCN1CCOC(C(O)c2ccncc2F)C1. The minimum atomic E-state index is -0.937. The molecule has 1 saturated heterocycles. The third-order valence-electron chi connectivity index (χ3n) is 3.19. The van der Waals surface area contributed by atoms with Gasteiger partial charge in [-0.25, -0.2) is 4.39 Å². The Morgan fingerprint density at radius 1 is 1.67 bits per heavy atom. The molecule has 2 atom stereocenters. The van der Waals surface area contributed by atoms with E-state index in [0.717, 1.165) is 25.7 Å². The summed E-state index contributed by atoms with van der Waals surface area (Å²) in [6.07, 6.45) is 2.35. The fourth-order valence-corrected chi connectivity index (χ4v) is 2.27. The normalized spacial score (nSPS) is 22.9. The van der Waals surface area contributed by atoms with Crippen molar-refractivity contribution in [3.63, 3.8) is 0 Å². The number of halogens is 1. The molecule has 4 nitrogen and oxygen atoms in total. The third kappa shape index (κ3) is 3.04. The predicted octanol–water partition coefficient (Wildman–Crippen LogP) is 1.36. The molecule has 0 amide bonds. The summed E-state index contributed by atoms with van der Waals surface area (Å²) in [5.74, 6) is -0.485. The van der Waals surface area contributed by atoms with Crippen molar-refractivity contribution in [1.82, 2.24) is 9.88 Å². The molecule has 0 bridgehead atoms. The van der Waals surface area contributed by atoms with E-state index < -0.39 is 11.9 Å². The molecule has 0 radical (unpaired) electrons. The van der Waals surface area contributed by atoms with Crippen molar-refractivity contribution in [3.05, 3.63) is 29.8 Å². The Labute approximate surface area is 106 Å². The van der Waals surface area contributed by atoms with Crippen LogP contribution in [0.3, 0.4) is 0 Å². The molecule has 0 aliphatic carbocycles. The number of morpholine rings is 1. The summed E-state index contributed by atoms with van der Waals surface area (Å²) in [7, 11) is 0. The van der Waals surface area contributed by atoms with Crippen LogP contribution < -0.4 is 0 Å². The van der Waals surface area contributed by atoms with E-state index in [0.29, 0.717) is 13.2 Å². The van der Waals surface area contributed by atoms with E-state index in [1.807, 2.05) is 0 Å². The van der Waals surface area contributed by atoms with E-state index >= 15 is 0 Å². The van der Waals surface area contributed by atoms with Gasteiger partial charge >= 0.3 is 0 Å². The first kappa shape index (κ1) is 13.4. The maximum absolute atomic E-state index is 13.5. The highest BCUT2D eigenvalue weighted by atomic mass is 19.1. The molecule has 1 aromatic heterocycles. The van der Waals surface area contributed by atoms with E-state index in [9.17, 15) is 9.50 Å². The van der Waals surface area contributed by atoms with Crippen LogP contribution in [-0.2, 0) is 4.74 Å². The zero-order valence-electron chi connectivity index (χ0n) is 10.6. The maximum Gasteiger partial charge on any atom is 0.147 e. The molecular formula is C13H19FN2O2. The van der Waals surface area contributed by atoms with Crippen LogP contribution in [0.2, 0.25) is 0 Å². The Morgan fingerprint density at radius 3 is 3.22 bits per heavy atom. The number of aromatic nitrogens is 1. The molecule has 1 aliphatic rings. The third-order valence-corrected chi connectivity index (χ3v) is 3.19. The van der Waals surface area contributed by atoms with Crippen molar-refractivity contribution in [2.45, 2.75) is 25.6 Å². The summed E-state index contributed by atoms with van der Waals surface area (Å²) < 4.78 is 19.1. The summed E-state index contributed by atoms with van der Waals surface area (Å²) in [6, 6.07) is 1.50. The van der Waals surface area contributed by atoms with Crippen molar-refractivity contribution in [1.29, 1.82) is 0 Å². The number of pyridine rings is 1. The second-order valence-corrected chi connectivity index (χ2v) is 4.55. The number of nitrogens with zero attached hydrogens (tertiary/aromatic N) is 2. The highest BCUT2D eigenvalue weighted by molar-refractivity contribution is 5.17. The fourth-order valence-electron chi connectivity index (χ4n) is 2.27. The van der Waals surface area contributed by atoms with Gasteiger partial charge < -0.3 is 9.84 Å². The first-order valence-electron chi connectivity index (χ1n) is 6.33. The van der Waals surface area contributed by atoms with Gasteiger partial charge in [0.15, 0.2) is 0 Å². The molecule has 2 rings (SSSR count). The molecule has 2 heterocycles. The lowest BCUT2D eigenvalue weighted by molar-refractivity contribution is -0.0907. The van der Waals surface area contributed by atoms with E-state index in [-0.39, 0.29) is 11.7 Å². The summed E-state index contributed by atoms with van der Waals surface area (Å²) in [5.41, 5.74) is 0.258. The van der Waals surface area contributed by atoms with Gasteiger partial charge in [0.2, 0.25) is 0 Å². The lowest BCUT2D eigenvalue weighted by Gasteiger charge is -2.35. The highest BCUT2D eigenvalue weighted by Gasteiger charge is 2.29. The first-order valence-corrected chi connectivity index (χ1v) is 6.33.